The van der Waals surface area contributed by atoms with Crippen LogP contribution in [0.1, 0.15) is 24.5 Å². The number of benzene rings is 2. The molecule has 0 heterocycles. The highest BCUT2D eigenvalue weighted by molar-refractivity contribution is 9.10. The minimum atomic E-state index is 0.213. The van der Waals surface area contributed by atoms with Crippen LogP contribution in [0, 0.1) is 6.92 Å². The normalized spacial score (nSPS) is 12.2. The van der Waals surface area contributed by atoms with Gasteiger partial charge in [0.15, 0.2) is 0 Å². The SMILES string of the molecule is CCC(N)Cc1ccc(Oc2ccccc2C)c(Br)c1. The first-order chi connectivity index (χ1) is 9.60. The van der Waals surface area contributed by atoms with Crippen molar-refractivity contribution in [1.82, 2.24) is 0 Å². The maximum absolute atomic E-state index is 5.99. The first kappa shape index (κ1) is 15.1. The summed E-state index contributed by atoms with van der Waals surface area (Å²) in [6.45, 7) is 4.15. The van der Waals surface area contributed by atoms with Gasteiger partial charge in [-0.15, -0.1) is 0 Å². The Balaban J connectivity index is 2.16. The van der Waals surface area contributed by atoms with E-state index in [0.717, 1.165) is 34.4 Å². The van der Waals surface area contributed by atoms with E-state index in [1.165, 1.54) is 5.56 Å². The largest absolute Gasteiger partial charge is 0.456 e. The van der Waals surface area contributed by atoms with E-state index >= 15 is 0 Å². The number of hydrogen-bond donors (Lipinski definition) is 1. The van der Waals surface area contributed by atoms with Crippen LogP contribution in [0.4, 0.5) is 0 Å². The van der Waals surface area contributed by atoms with Crippen LogP contribution in [0.3, 0.4) is 0 Å². The lowest BCUT2D eigenvalue weighted by Gasteiger charge is -2.13. The van der Waals surface area contributed by atoms with Crippen molar-refractivity contribution in [3.8, 4) is 11.5 Å². The molecule has 0 aliphatic rings. The van der Waals surface area contributed by atoms with Crippen LogP contribution in [0.25, 0.3) is 0 Å². The van der Waals surface area contributed by atoms with Gasteiger partial charge in [-0.2, -0.15) is 0 Å². The summed E-state index contributed by atoms with van der Waals surface area (Å²) in [4.78, 5) is 0. The molecule has 106 valence electrons. The predicted molar refractivity (Wildman–Crippen MR) is 87.4 cm³/mol. The molecule has 2 rings (SSSR count). The molecule has 0 saturated carbocycles. The smallest absolute Gasteiger partial charge is 0.141 e. The molecule has 0 saturated heterocycles. The van der Waals surface area contributed by atoms with Crippen molar-refractivity contribution < 1.29 is 4.74 Å². The Hall–Kier alpha value is -1.32. The summed E-state index contributed by atoms with van der Waals surface area (Å²) in [5, 5.41) is 0. The highest BCUT2D eigenvalue weighted by Gasteiger charge is 2.07. The van der Waals surface area contributed by atoms with E-state index in [-0.39, 0.29) is 6.04 Å². The molecule has 0 bridgehead atoms. The lowest BCUT2D eigenvalue weighted by atomic mass is 10.0. The molecular formula is C17H20BrNO. The fourth-order valence-corrected chi connectivity index (χ4v) is 2.50. The van der Waals surface area contributed by atoms with Gasteiger partial charge in [0.25, 0.3) is 0 Å². The standard InChI is InChI=1S/C17H20BrNO/c1-3-14(19)10-13-8-9-17(15(18)11-13)20-16-7-5-4-6-12(16)2/h4-9,11,14H,3,10,19H2,1-2H3. The number of aryl methyl sites for hydroxylation is 1. The first-order valence-electron chi connectivity index (χ1n) is 6.87. The van der Waals surface area contributed by atoms with Crippen molar-refractivity contribution in [3.63, 3.8) is 0 Å². The molecule has 3 heteroatoms. The molecule has 0 aliphatic carbocycles. The highest BCUT2D eigenvalue weighted by Crippen LogP contribution is 2.32. The van der Waals surface area contributed by atoms with Crippen molar-refractivity contribution in [2.75, 3.05) is 0 Å². The number of ether oxygens (including phenoxy) is 1. The highest BCUT2D eigenvalue weighted by atomic mass is 79.9. The third kappa shape index (κ3) is 3.84. The van der Waals surface area contributed by atoms with Crippen LogP contribution < -0.4 is 10.5 Å². The van der Waals surface area contributed by atoms with Gasteiger partial charge in [-0.1, -0.05) is 31.2 Å². The number of nitrogens with two attached hydrogens (primary N) is 1. The summed E-state index contributed by atoms with van der Waals surface area (Å²) in [5.41, 5.74) is 8.34. The minimum absolute atomic E-state index is 0.213. The Labute approximate surface area is 129 Å². The van der Waals surface area contributed by atoms with E-state index in [4.69, 9.17) is 10.5 Å². The zero-order valence-electron chi connectivity index (χ0n) is 11.9. The molecule has 0 radical (unpaired) electrons. The van der Waals surface area contributed by atoms with E-state index in [9.17, 15) is 0 Å². The van der Waals surface area contributed by atoms with Crippen LogP contribution in [-0.2, 0) is 6.42 Å². The second-order valence-electron chi connectivity index (χ2n) is 5.00. The summed E-state index contributed by atoms with van der Waals surface area (Å²) in [7, 11) is 0. The molecule has 0 amide bonds. The Morgan fingerprint density at radius 3 is 2.55 bits per heavy atom. The molecule has 0 spiro atoms. The topological polar surface area (TPSA) is 35.2 Å². The lowest BCUT2D eigenvalue weighted by Crippen LogP contribution is -2.21. The van der Waals surface area contributed by atoms with E-state index in [0.29, 0.717) is 0 Å². The first-order valence-corrected chi connectivity index (χ1v) is 7.67. The van der Waals surface area contributed by atoms with Gasteiger partial charge in [0, 0.05) is 6.04 Å². The number of halogens is 1. The van der Waals surface area contributed by atoms with Gasteiger partial charge in [0.2, 0.25) is 0 Å². The zero-order chi connectivity index (χ0) is 14.5. The van der Waals surface area contributed by atoms with Crippen molar-refractivity contribution >= 4 is 15.9 Å². The monoisotopic (exact) mass is 333 g/mol. The van der Waals surface area contributed by atoms with E-state index < -0.39 is 0 Å². The number of hydrogen-bond acceptors (Lipinski definition) is 2. The molecule has 2 N–H and O–H groups in total. The van der Waals surface area contributed by atoms with E-state index in [1.807, 2.05) is 37.3 Å². The van der Waals surface area contributed by atoms with Gasteiger partial charge < -0.3 is 10.5 Å². The van der Waals surface area contributed by atoms with Crippen LogP contribution >= 0.6 is 15.9 Å². The maximum Gasteiger partial charge on any atom is 0.141 e. The van der Waals surface area contributed by atoms with Gasteiger partial charge in [-0.3, -0.25) is 0 Å². The summed E-state index contributed by atoms with van der Waals surface area (Å²) >= 11 is 3.58. The Morgan fingerprint density at radius 1 is 1.15 bits per heavy atom. The Kier molecular flexibility index (Phi) is 5.21. The van der Waals surface area contributed by atoms with Gasteiger partial charge >= 0.3 is 0 Å². The molecule has 2 nitrogen and oxygen atoms in total. The lowest BCUT2D eigenvalue weighted by molar-refractivity contribution is 0.475. The summed E-state index contributed by atoms with van der Waals surface area (Å²) in [5.74, 6) is 1.71. The Bertz CT molecular complexity index is 583. The van der Waals surface area contributed by atoms with Crippen molar-refractivity contribution in [1.29, 1.82) is 0 Å². The molecular weight excluding hydrogens is 314 g/mol. The summed E-state index contributed by atoms with van der Waals surface area (Å²) < 4.78 is 6.91. The number of rotatable bonds is 5. The second-order valence-corrected chi connectivity index (χ2v) is 5.86. The third-order valence-electron chi connectivity index (χ3n) is 3.33. The molecule has 2 aromatic carbocycles. The quantitative estimate of drug-likeness (QED) is 0.850. The van der Waals surface area contributed by atoms with Gasteiger partial charge in [-0.05, 0) is 65.0 Å². The molecule has 1 unspecified atom stereocenters. The molecule has 0 aliphatic heterocycles. The second kappa shape index (κ2) is 6.91. The summed E-state index contributed by atoms with van der Waals surface area (Å²) in [6.07, 6.45) is 1.87. The average Bonchev–Trinajstić information content (AvgIpc) is 2.44. The maximum atomic E-state index is 5.99. The average molecular weight is 334 g/mol. The molecule has 0 fully saturated rings. The third-order valence-corrected chi connectivity index (χ3v) is 3.95. The predicted octanol–water partition coefficient (Wildman–Crippen LogP) is 4.83. The Morgan fingerprint density at radius 2 is 1.90 bits per heavy atom. The van der Waals surface area contributed by atoms with Gasteiger partial charge in [0.1, 0.15) is 11.5 Å². The number of para-hydroxylation sites is 1. The fourth-order valence-electron chi connectivity index (χ4n) is 1.99. The summed E-state index contributed by atoms with van der Waals surface area (Å²) in [6, 6.07) is 14.4. The van der Waals surface area contributed by atoms with Crippen LogP contribution in [0.15, 0.2) is 46.9 Å². The fraction of sp³-hybridized carbons (Fsp3) is 0.294. The zero-order valence-corrected chi connectivity index (χ0v) is 13.5. The molecule has 2 aromatic rings. The van der Waals surface area contributed by atoms with E-state index in [2.05, 4.69) is 35.0 Å². The molecule has 0 aromatic heterocycles. The van der Waals surface area contributed by atoms with Crippen molar-refractivity contribution in [3.05, 3.63) is 58.1 Å². The van der Waals surface area contributed by atoms with Crippen LogP contribution in [-0.4, -0.2) is 6.04 Å². The van der Waals surface area contributed by atoms with Gasteiger partial charge in [-0.25, -0.2) is 0 Å². The molecule has 20 heavy (non-hydrogen) atoms. The van der Waals surface area contributed by atoms with Gasteiger partial charge in [0.05, 0.1) is 4.47 Å². The molecule has 1 atom stereocenters. The minimum Gasteiger partial charge on any atom is -0.456 e. The van der Waals surface area contributed by atoms with Crippen molar-refractivity contribution in [2.45, 2.75) is 32.7 Å². The van der Waals surface area contributed by atoms with E-state index in [1.54, 1.807) is 0 Å². The van der Waals surface area contributed by atoms with Crippen LogP contribution in [0.2, 0.25) is 0 Å². The van der Waals surface area contributed by atoms with Crippen molar-refractivity contribution in [2.24, 2.45) is 5.73 Å². The van der Waals surface area contributed by atoms with Crippen LogP contribution in [0.5, 0.6) is 11.5 Å².